The Morgan fingerprint density at radius 3 is 1.71 bits per heavy atom. The molecule has 0 spiro atoms. The lowest BCUT2D eigenvalue weighted by Gasteiger charge is -2.27. The van der Waals surface area contributed by atoms with Crippen molar-refractivity contribution in [1.29, 1.82) is 0 Å². The average molecular weight is 294 g/mol. The number of Topliss-reactive ketones (excluding diaryl/α,β-unsaturated/α-hetero) is 2. The highest BCUT2D eigenvalue weighted by molar-refractivity contribution is 6.01. The van der Waals surface area contributed by atoms with Crippen molar-refractivity contribution < 1.29 is 19.1 Å². The van der Waals surface area contributed by atoms with Crippen LogP contribution in [-0.4, -0.2) is 24.5 Å². The number of methoxy groups -OCH3 is 1. The Hall–Kier alpha value is -1.45. The van der Waals surface area contributed by atoms with Crippen molar-refractivity contribution >= 4 is 17.3 Å². The van der Waals surface area contributed by atoms with E-state index in [2.05, 4.69) is 13.8 Å². The summed E-state index contributed by atoms with van der Waals surface area (Å²) in [6.45, 7) is 8.08. The maximum atomic E-state index is 11.1. The molecule has 4 heteroatoms. The second-order valence-electron chi connectivity index (χ2n) is 7.57. The molecule has 0 unspecified atom stereocenters. The predicted molar refractivity (Wildman–Crippen MR) is 80.8 cm³/mol. The lowest BCUT2D eigenvalue weighted by Crippen LogP contribution is -2.28. The van der Waals surface area contributed by atoms with E-state index in [1.807, 2.05) is 13.8 Å². The van der Waals surface area contributed by atoms with Gasteiger partial charge in [0.2, 0.25) is 0 Å². The van der Waals surface area contributed by atoms with Crippen LogP contribution in [0.4, 0.5) is 0 Å². The SMILES string of the molecule is CC1(C)CC(=O)CC(=O)C1.COC1=CC(=O)CC(C)(C)C1. The number of allylic oxidation sites excluding steroid dienone is 2. The van der Waals surface area contributed by atoms with E-state index in [-0.39, 0.29) is 34.6 Å². The number of ether oxygens (including phenoxy) is 1. The smallest absolute Gasteiger partial charge is 0.159 e. The van der Waals surface area contributed by atoms with Gasteiger partial charge in [0.05, 0.1) is 19.3 Å². The summed E-state index contributed by atoms with van der Waals surface area (Å²) in [6, 6.07) is 0. The van der Waals surface area contributed by atoms with E-state index >= 15 is 0 Å². The monoisotopic (exact) mass is 294 g/mol. The lowest BCUT2D eigenvalue weighted by atomic mass is 9.76. The summed E-state index contributed by atoms with van der Waals surface area (Å²) in [5.74, 6) is 1.19. The van der Waals surface area contributed by atoms with E-state index in [0.29, 0.717) is 19.3 Å². The molecule has 4 nitrogen and oxygen atoms in total. The van der Waals surface area contributed by atoms with E-state index in [1.54, 1.807) is 13.2 Å². The van der Waals surface area contributed by atoms with Crippen LogP contribution in [0.2, 0.25) is 0 Å². The van der Waals surface area contributed by atoms with Crippen LogP contribution >= 0.6 is 0 Å². The summed E-state index contributed by atoms with van der Waals surface area (Å²) in [5.41, 5.74) is 0.00356. The van der Waals surface area contributed by atoms with Crippen molar-refractivity contribution in [2.75, 3.05) is 7.11 Å². The third-order valence-electron chi connectivity index (χ3n) is 3.64. The first-order valence-corrected chi connectivity index (χ1v) is 7.34. The summed E-state index contributed by atoms with van der Waals surface area (Å²) >= 11 is 0. The summed E-state index contributed by atoms with van der Waals surface area (Å²) < 4.78 is 5.04. The zero-order valence-electron chi connectivity index (χ0n) is 13.7. The number of hydrogen-bond donors (Lipinski definition) is 0. The first-order chi connectivity index (χ1) is 9.53. The van der Waals surface area contributed by atoms with Crippen LogP contribution in [0.25, 0.3) is 0 Å². The molecule has 0 radical (unpaired) electrons. The van der Waals surface area contributed by atoms with E-state index in [0.717, 1.165) is 12.2 Å². The molecule has 0 amide bonds. The van der Waals surface area contributed by atoms with Crippen molar-refractivity contribution in [2.24, 2.45) is 10.8 Å². The second kappa shape index (κ2) is 6.54. The van der Waals surface area contributed by atoms with Crippen LogP contribution in [-0.2, 0) is 19.1 Å². The number of carbonyl (C=O) groups excluding carboxylic acids is 3. The van der Waals surface area contributed by atoms with E-state index < -0.39 is 0 Å². The fraction of sp³-hybridized carbons (Fsp3) is 0.706. The molecule has 0 bridgehead atoms. The van der Waals surface area contributed by atoms with Gasteiger partial charge in [-0.05, 0) is 10.8 Å². The molecule has 0 aromatic rings. The molecule has 0 aromatic carbocycles. The van der Waals surface area contributed by atoms with Crippen molar-refractivity contribution in [3.63, 3.8) is 0 Å². The highest BCUT2D eigenvalue weighted by Crippen LogP contribution is 2.33. The van der Waals surface area contributed by atoms with Gasteiger partial charge in [0.15, 0.2) is 5.78 Å². The Labute approximate surface area is 126 Å². The molecule has 1 saturated carbocycles. The van der Waals surface area contributed by atoms with Crippen LogP contribution in [0, 0.1) is 10.8 Å². The van der Waals surface area contributed by atoms with Crippen molar-refractivity contribution in [3.8, 4) is 0 Å². The summed E-state index contributed by atoms with van der Waals surface area (Å²) in [7, 11) is 1.61. The first-order valence-electron chi connectivity index (χ1n) is 7.34. The second-order valence-corrected chi connectivity index (χ2v) is 7.57. The average Bonchev–Trinajstić information content (AvgIpc) is 2.23. The molecule has 0 aliphatic heterocycles. The predicted octanol–water partition coefficient (Wildman–Crippen LogP) is 3.24. The molecule has 0 atom stereocenters. The lowest BCUT2D eigenvalue weighted by molar-refractivity contribution is -0.133. The van der Waals surface area contributed by atoms with Gasteiger partial charge in [0.25, 0.3) is 0 Å². The Morgan fingerprint density at radius 1 is 0.857 bits per heavy atom. The summed E-state index contributed by atoms with van der Waals surface area (Å²) in [6.07, 6.45) is 4.42. The maximum Gasteiger partial charge on any atom is 0.159 e. The van der Waals surface area contributed by atoms with Crippen LogP contribution in [0.5, 0.6) is 0 Å². The van der Waals surface area contributed by atoms with Crippen LogP contribution in [0.1, 0.15) is 59.8 Å². The highest BCUT2D eigenvalue weighted by Gasteiger charge is 2.31. The van der Waals surface area contributed by atoms with Crippen LogP contribution in [0.15, 0.2) is 11.8 Å². The van der Waals surface area contributed by atoms with Gasteiger partial charge in [0.1, 0.15) is 11.6 Å². The van der Waals surface area contributed by atoms with Gasteiger partial charge in [-0.3, -0.25) is 14.4 Å². The molecular weight excluding hydrogens is 268 g/mol. The molecular formula is C17H26O4. The molecule has 21 heavy (non-hydrogen) atoms. The third-order valence-corrected chi connectivity index (χ3v) is 3.64. The fourth-order valence-corrected chi connectivity index (χ4v) is 2.89. The van der Waals surface area contributed by atoms with E-state index in [9.17, 15) is 14.4 Å². The molecule has 0 saturated heterocycles. The molecule has 2 aliphatic rings. The summed E-state index contributed by atoms with van der Waals surface area (Å²) in [5, 5.41) is 0. The van der Waals surface area contributed by atoms with E-state index in [1.165, 1.54) is 0 Å². The van der Waals surface area contributed by atoms with Crippen LogP contribution in [0.3, 0.4) is 0 Å². The minimum Gasteiger partial charge on any atom is -0.501 e. The van der Waals surface area contributed by atoms with Crippen LogP contribution < -0.4 is 0 Å². The standard InChI is InChI=1S/C9H14O2.C8H12O2/c1-9(2)5-7(10)4-8(6-9)11-3;1-8(2)4-6(9)3-7(10)5-8/h4H,5-6H2,1-3H3;3-5H2,1-2H3. The van der Waals surface area contributed by atoms with Gasteiger partial charge < -0.3 is 4.74 Å². The highest BCUT2D eigenvalue weighted by atomic mass is 16.5. The van der Waals surface area contributed by atoms with Gasteiger partial charge in [-0.15, -0.1) is 0 Å². The van der Waals surface area contributed by atoms with Gasteiger partial charge in [0, 0.05) is 31.8 Å². The minimum absolute atomic E-state index is 0.0770. The molecule has 2 rings (SSSR count). The maximum absolute atomic E-state index is 11.1. The molecule has 2 aliphatic carbocycles. The Bertz CT molecular complexity index is 451. The van der Waals surface area contributed by atoms with Gasteiger partial charge in [-0.25, -0.2) is 0 Å². The molecule has 118 valence electrons. The normalized spacial score (nSPS) is 23.9. The Balaban J connectivity index is 0.000000211. The fourth-order valence-electron chi connectivity index (χ4n) is 2.89. The molecule has 0 heterocycles. The van der Waals surface area contributed by atoms with Gasteiger partial charge in [-0.1, -0.05) is 27.7 Å². The third kappa shape index (κ3) is 6.23. The minimum atomic E-state index is -0.0770. The molecule has 0 N–H and O–H groups in total. The number of rotatable bonds is 1. The van der Waals surface area contributed by atoms with Gasteiger partial charge in [-0.2, -0.15) is 0 Å². The first kappa shape index (κ1) is 17.6. The van der Waals surface area contributed by atoms with Crippen molar-refractivity contribution in [3.05, 3.63) is 11.8 Å². The number of ketones is 3. The Kier molecular flexibility index (Phi) is 5.48. The van der Waals surface area contributed by atoms with Gasteiger partial charge >= 0.3 is 0 Å². The number of hydrogen-bond acceptors (Lipinski definition) is 4. The quantitative estimate of drug-likeness (QED) is 0.697. The number of carbonyl (C=O) groups is 3. The zero-order chi connectivity index (χ0) is 16.3. The topological polar surface area (TPSA) is 60.4 Å². The summed E-state index contributed by atoms with van der Waals surface area (Å²) in [4.78, 5) is 32.8. The Morgan fingerprint density at radius 2 is 1.33 bits per heavy atom. The van der Waals surface area contributed by atoms with E-state index in [4.69, 9.17) is 4.74 Å². The largest absolute Gasteiger partial charge is 0.501 e. The molecule has 1 fully saturated rings. The van der Waals surface area contributed by atoms with Crippen molar-refractivity contribution in [1.82, 2.24) is 0 Å². The molecule has 0 aromatic heterocycles. The van der Waals surface area contributed by atoms with Crippen molar-refractivity contribution in [2.45, 2.75) is 59.8 Å². The zero-order valence-corrected chi connectivity index (χ0v) is 13.7.